The Kier molecular flexibility index (Phi) is 8.28. The second kappa shape index (κ2) is 10.5. The minimum absolute atomic E-state index is 0.293. The topological polar surface area (TPSA) is 131 Å². The number of primary amides is 1. The molecular formula is C19H18ClF3N4O5S. The summed E-state index contributed by atoms with van der Waals surface area (Å²) in [6.07, 6.45) is -2.83. The summed E-state index contributed by atoms with van der Waals surface area (Å²) in [5, 5.41) is 3.07. The van der Waals surface area contributed by atoms with Crippen LogP contribution in [0.25, 0.3) is 0 Å². The fourth-order valence-corrected chi connectivity index (χ4v) is 3.51. The minimum Gasteiger partial charge on any atom is -0.484 e. The number of carbonyl (C=O) groups is 2. The van der Waals surface area contributed by atoms with Gasteiger partial charge in [0.2, 0.25) is 10.0 Å². The van der Waals surface area contributed by atoms with E-state index in [-0.39, 0.29) is 12.3 Å². The molecule has 2 aromatic carbocycles. The molecule has 14 heteroatoms. The lowest BCUT2D eigenvalue weighted by molar-refractivity contribution is -0.137. The van der Waals surface area contributed by atoms with Gasteiger partial charge in [-0.25, -0.2) is 13.8 Å². The second-order valence-corrected chi connectivity index (χ2v) is 8.86. The van der Waals surface area contributed by atoms with E-state index in [1.165, 1.54) is 18.3 Å². The molecule has 33 heavy (non-hydrogen) atoms. The smallest absolute Gasteiger partial charge is 0.417 e. The number of halogens is 4. The quantitative estimate of drug-likeness (QED) is 0.397. The van der Waals surface area contributed by atoms with Crippen molar-refractivity contribution in [3.63, 3.8) is 0 Å². The molecule has 0 aliphatic rings. The van der Waals surface area contributed by atoms with Crippen LogP contribution in [0.2, 0.25) is 5.02 Å². The van der Waals surface area contributed by atoms with E-state index in [0.29, 0.717) is 21.7 Å². The Morgan fingerprint density at radius 1 is 1.21 bits per heavy atom. The Morgan fingerprint density at radius 2 is 1.85 bits per heavy atom. The molecule has 0 heterocycles. The zero-order valence-electron chi connectivity index (χ0n) is 17.0. The summed E-state index contributed by atoms with van der Waals surface area (Å²) >= 11 is 5.56. The average molecular weight is 507 g/mol. The predicted molar refractivity (Wildman–Crippen MR) is 116 cm³/mol. The van der Waals surface area contributed by atoms with Gasteiger partial charge in [-0.3, -0.25) is 13.9 Å². The predicted octanol–water partition coefficient (Wildman–Crippen LogP) is 2.14. The van der Waals surface area contributed by atoms with Gasteiger partial charge < -0.3 is 10.5 Å². The first-order chi connectivity index (χ1) is 15.3. The number of rotatable bonds is 9. The maximum atomic E-state index is 13.1. The molecule has 0 bridgehead atoms. The van der Waals surface area contributed by atoms with E-state index in [2.05, 4.69) is 10.5 Å². The van der Waals surface area contributed by atoms with E-state index in [1.54, 1.807) is 12.1 Å². The van der Waals surface area contributed by atoms with Crippen LogP contribution in [0, 0.1) is 0 Å². The molecule has 9 nitrogen and oxygen atoms in total. The number of alkyl halides is 3. The zero-order chi connectivity index (χ0) is 24.8. The fraction of sp³-hybridized carbons (Fsp3) is 0.211. The summed E-state index contributed by atoms with van der Waals surface area (Å²) in [5.41, 5.74) is 5.97. The Morgan fingerprint density at radius 3 is 2.39 bits per heavy atom. The number of carbonyl (C=O) groups excluding carboxylic acids is 2. The van der Waals surface area contributed by atoms with Crippen LogP contribution in [-0.4, -0.2) is 45.9 Å². The molecule has 0 unspecified atom stereocenters. The molecule has 2 rings (SSSR count). The molecule has 0 spiro atoms. The number of anilines is 1. The first kappa shape index (κ1) is 25.9. The maximum absolute atomic E-state index is 13.1. The van der Waals surface area contributed by atoms with Gasteiger partial charge in [0.1, 0.15) is 12.3 Å². The third kappa shape index (κ3) is 7.95. The van der Waals surface area contributed by atoms with Crippen LogP contribution < -0.4 is 20.2 Å². The van der Waals surface area contributed by atoms with Crippen LogP contribution >= 0.6 is 11.6 Å². The Hall–Kier alpha value is -3.32. The SMILES string of the molecule is CS(=O)(=O)N(CC(=O)N/N=C\c1ccc(OCC(N)=O)cc1)c1ccc(Cl)c(C(F)(F)F)c1. The summed E-state index contributed by atoms with van der Waals surface area (Å²) in [6, 6.07) is 8.65. The van der Waals surface area contributed by atoms with Gasteiger partial charge in [0.05, 0.1) is 28.7 Å². The van der Waals surface area contributed by atoms with Crippen molar-refractivity contribution in [2.24, 2.45) is 10.8 Å². The van der Waals surface area contributed by atoms with E-state index in [0.717, 1.165) is 18.4 Å². The second-order valence-electron chi connectivity index (χ2n) is 6.55. The van der Waals surface area contributed by atoms with E-state index in [4.69, 9.17) is 22.1 Å². The molecular weight excluding hydrogens is 489 g/mol. The van der Waals surface area contributed by atoms with Crippen LogP contribution in [0.4, 0.5) is 18.9 Å². The first-order valence-electron chi connectivity index (χ1n) is 8.95. The molecule has 178 valence electrons. The lowest BCUT2D eigenvalue weighted by Crippen LogP contribution is -2.39. The Labute approximate surface area is 192 Å². The molecule has 0 aromatic heterocycles. The van der Waals surface area contributed by atoms with Gasteiger partial charge in [-0.1, -0.05) is 11.6 Å². The van der Waals surface area contributed by atoms with Crippen LogP contribution in [0.3, 0.4) is 0 Å². The maximum Gasteiger partial charge on any atom is 0.417 e. The van der Waals surface area contributed by atoms with Gasteiger partial charge in [-0.2, -0.15) is 18.3 Å². The normalized spacial score (nSPS) is 11.9. The summed E-state index contributed by atoms with van der Waals surface area (Å²) in [5.74, 6) is -1.17. The molecule has 0 saturated heterocycles. The fourth-order valence-electron chi connectivity index (χ4n) is 2.43. The molecule has 0 aliphatic carbocycles. The van der Waals surface area contributed by atoms with Crippen LogP contribution in [0.1, 0.15) is 11.1 Å². The highest BCUT2D eigenvalue weighted by Gasteiger charge is 2.34. The number of nitrogens with one attached hydrogen (secondary N) is 1. The molecule has 2 aromatic rings. The van der Waals surface area contributed by atoms with Crippen molar-refractivity contribution in [1.82, 2.24) is 5.43 Å². The summed E-state index contributed by atoms with van der Waals surface area (Å²) in [7, 11) is -4.12. The van der Waals surface area contributed by atoms with Gasteiger partial charge in [0, 0.05) is 0 Å². The highest BCUT2D eigenvalue weighted by atomic mass is 35.5. The highest BCUT2D eigenvalue weighted by Crippen LogP contribution is 2.37. The molecule has 0 radical (unpaired) electrons. The molecule has 0 fully saturated rings. The van der Waals surface area contributed by atoms with Gasteiger partial charge in [-0.05, 0) is 48.0 Å². The average Bonchev–Trinajstić information content (AvgIpc) is 2.70. The number of hydrogen-bond donors (Lipinski definition) is 2. The van der Waals surface area contributed by atoms with Crippen molar-refractivity contribution in [1.29, 1.82) is 0 Å². The summed E-state index contributed by atoms with van der Waals surface area (Å²) in [6.45, 7) is -1.12. The van der Waals surface area contributed by atoms with E-state index < -0.39 is 45.1 Å². The third-order valence-corrected chi connectivity index (χ3v) is 5.37. The standard InChI is InChI=1S/C19H18ClF3N4O5S/c1-33(30,31)27(13-4-7-16(20)15(8-13)19(21,22)23)10-18(29)26-25-9-12-2-5-14(6-3-12)32-11-17(24)28/h2-9H,10-11H2,1H3,(H2,24,28)(H,26,29)/b25-9-. The number of hydrazone groups is 1. The summed E-state index contributed by atoms with van der Waals surface area (Å²) in [4.78, 5) is 22.9. The zero-order valence-corrected chi connectivity index (χ0v) is 18.5. The Bertz CT molecular complexity index is 1160. The van der Waals surface area contributed by atoms with E-state index >= 15 is 0 Å². The number of hydrogen-bond acceptors (Lipinski definition) is 6. The highest BCUT2D eigenvalue weighted by molar-refractivity contribution is 7.92. The molecule has 0 aliphatic heterocycles. The first-order valence-corrected chi connectivity index (χ1v) is 11.2. The van der Waals surface area contributed by atoms with Gasteiger partial charge in [0.15, 0.2) is 6.61 Å². The summed E-state index contributed by atoms with van der Waals surface area (Å²) < 4.78 is 69.1. The molecule has 3 N–H and O–H groups in total. The van der Waals surface area contributed by atoms with Crippen molar-refractivity contribution >= 4 is 45.3 Å². The van der Waals surface area contributed by atoms with E-state index in [9.17, 15) is 31.2 Å². The van der Waals surface area contributed by atoms with Crippen molar-refractivity contribution < 1.29 is 35.9 Å². The minimum atomic E-state index is -4.82. The largest absolute Gasteiger partial charge is 0.484 e. The van der Waals surface area contributed by atoms with Crippen molar-refractivity contribution in [3.05, 3.63) is 58.6 Å². The molecule has 0 atom stereocenters. The number of sulfonamides is 1. The molecule has 0 saturated carbocycles. The van der Waals surface area contributed by atoms with Crippen molar-refractivity contribution in [2.75, 3.05) is 23.7 Å². The van der Waals surface area contributed by atoms with Gasteiger partial charge in [-0.15, -0.1) is 0 Å². The molecule has 2 amide bonds. The number of nitrogens with two attached hydrogens (primary N) is 1. The van der Waals surface area contributed by atoms with Crippen LogP contribution in [0.15, 0.2) is 47.6 Å². The van der Waals surface area contributed by atoms with Crippen molar-refractivity contribution in [3.8, 4) is 5.75 Å². The van der Waals surface area contributed by atoms with Crippen LogP contribution in [-0.2, 0) is 25.8 Å². The van der Waals surface area contributed by atoms with Crippen LogP contribution in [0.5, 0.6) is 5.75 Å². The lowest BCUT2D eigenvalue weighted by Gasteiger charge is -2.22. The van der Waals surface area contributed by atoms with E-state index in [1.807, 2.05) is 0 Å². The van der Waals surface area contributed by atoms with Gasteiger partial charge in [0.25, 0.3) is 11.8 Å². The third-order valence-electron chi connectivity index (χ3n) is 3.89. The lowest BCUT2D eigenvalue weighted by atomic mass is 10.2. The number of ether oxygens (including phenoxy) is 1. The number of amides is 2. The van der Waals surface area contributed by atoms with Crippen molar-refractivity contribution in [2.45, 2.75) is 6.18 Å². The number of nitrogens with zero attached hydrogens (tertiary/aromatic N) is 2. The number of benzene rings is 2. The van der Waals surface area contributed by atoms with Gasteiger partial charge >= 0.3 is 6.18 Å². The Balaban J connectivity index is 2.09. The monoisotopic (exact) mass is 506 g/mol.